The summed E-state index contributed by atoms with van der Waals surface area (Å²) in [5, 5.41) is 7.11. The predicted octanol–water partition coefficient (Wildman–Crippen LogP) is 0.697. The van der Waals surface area contributed by atoms with Gasteiger partial charge < -0.3 is 24.9 Å². The third-order valence-electron chi connectivity index (χ3n) is 6.22. The molecule has 4 aliphatic heterocycles. The standard InChI is InChI=1S/C20H25N5O3/c26-19(23-16-12-24-5-1-13(16)2-6-24)15-10-17-14(11-22-15)9-18(28-17)20(27)25-7-3-21-4-8-25/h9-11,13,16,21H,1-8,12H2,(H,23,26). The normalized spacial score (nSPS) is 27.1. The van der Waals surface area contributed by atoms with Crippen LogP contribution in [0.3, 0.4) is 0 Å². The van der Waals surface area contributed by atoms with E-state index in [1.165, 1.54) is 0 Å². The Labute approximate surface area is 163 Å². The van der Waals surface area contributed by atoms with Crippen LogP contribution in [0.2, 0.25) is 0 Å². The Bertz CT molecular complexity index is 896. The molecule has 0 aromatic carbocycles. The largest absolute Gasteiger partial charge is 0.451 e. The Balaban J connectivity index is 1.32. The quantitative estimate of drug-likeness (QED) is 0.811. The summed E-state index contributed by atoms with van der Waals surface area (Å²) in [6.45, 7) is 6.11. The summed E-state index contributed by atoms with van der Waals surface area (Å²) >= 11 is 0. The van der Waals surface area contributed by atoms with E-state index in [-0.39, 0.29) is 17.9 Å². The molecule has 28 heavy (non-hydrogen) atoms. The molecule has 2 amide bonds. The Kier molecular flexibility index (Phi) is 4.52. The zero-order valence-electron chi connectivity index (χ0n) is 15.8. The number of piperazine rings is 1. The van der Waals surface area contributed by atoms with Crippen LogP contribution in [0.15, 0.2) is 22.7 Å². The summed E-state index contributed by atoms with van der Waals surface area (Å²) in [5.74, 6) is 0.571. The van der Waals surface area contributed by atoms with E-state index in [4.69, 9.17) is 4.42 Å². The highest BCUT2D eigenvalue weighted by atomic mass is 16.3. The van der Waals surface area contributed by atoms with Crippen LogP contribution in [-0.2, 0) is 0 Å². The maximum atomic E-state index is 12.7. The number of nitrogens with one attached hydrogen (secondary N) is 2. The number of pyridine rings is 1. The SMILES string of the molecule is O=C(NC1CN2CCC1CC2)c1cc2oc(C(=O)N3CCNCC3)cc2cn1. The van der Waals surface area contributed by atoms with Crippen LogP contribution in [-0.4, -0.2) is 78.5 Å². The van der Waals surface area contributed by atoms with Crippen molar-refractivity contribution in [2.24, 2.45) is 5.92 Å². The summed E-state index contributed by atoms with van der Waals surface area (Å²) in [4.78, 5) is 33.8. The first-order chi connectivity index (χ1) is 13.7. The maximum absolute atomic E-state index is 12.7. The van der Waals surface area contributed by atoms with E-state index in [0.29, 0.717) is 36.0 Å². The lowest BCUT2D eigenvalue weighted by molar-refractivity contribution is 0.0617. The van der Waals surface area contributed by atoms with Gasteiger partial charge in [-0.2, -0.15) is 0 Å². The van der Waals surface area contributed by atoms with Gasteiger partial charge in [0.05, 0.1) is 0 Å². The molecular weight excluding hydrogens is 358 g/mol. The van der Waals surface area contributed by atoms with Crippen molar-refractivity contribution in [3.63, 3.8) is 0 Å². The summed E-state index contributed by atoms with van der Waals surface area (Å²) in [5.41, 5.74) is 0.854. The summed E-state index contributed by atoms with van der Waals surface area (Å²) in [6, 6.07) is 3.54. The smallest absolute Gasteiger partial charge is 0.289 e. The highest BCUT2D eigenvalue weighted by Crippen LogP contribution is 2.28. The van der Waals surface area contributed by atoms with Gasteiger partial charge in [-0.15, -0.1) is 0 Å². The minimum atomic E-state index is -0.174. The van der Waals surface area contributed by atoms with Crippen LogP contribution >= 0.6 is 0 Å². The van der Waals surface area contributed by atoms with E-state index >= 15 is 0 Å². The zero-order valence-corrected chi connectivity index (χ0v) is 15.8. The van der Waals surface area contributed by atoms with Crippen molar-refractivity contribution in [1.29, 1.82) is 0 Å². The number of fused-ring (bicyclic) bond motifs is 4. The minimum absolute atomic E-state index is 0.115. The van der Waals surface area contributed by atoms with Crippen molar-refractivity contribution < 1.29 is 14.0 Å². The zero-order chi connectivity index (χ0) is 19.1. The highest BCUT2D eigenvalue weighted by Gasteiger charge is 2.35. The van der Waals surface area contributed by atoms with Gasteiger partial charge in [-0.3, -0.25) is 14.6 Å². The van der Waals surface area contributed by atoms with Crippen LogP contribution in [0.1, 0.15) is 33.9 Å². The van der Waals surface area contributed by atoms with Gasteiger partial charge in [-0.05, 0) is 37.9 Å². The van der Waals surface area contributed by atoms with Gasteiger partial charge in [-0.1, -0.05) is 0 Å². The van der Waals surface area contributed by atoms with Crippen molar-refractivity contribution in [3.05, 3.63) is 29.8 Å². The molecule has 148 valence electrons. The van der Waals surface area contributed by atoms with Gasteiger partial charge in [0, 0.05) is 56.4 Å². The van der Waals surface area contributed by atoms with Crippen LogP contribution < -0.4 is 10.6 Å². The van der Waals surface area contributed by atoms with E-state index in [0.717, 1.165) is 51.0 Å². The lowest BCUT2D eigenvalue weighted by Gasteiger charge is -2.44. The minimum Gasteiger partial charge on any atom is -0.451 e. The lowest BCUT2D eigenvalue weighted by Crippen LogP contribution is -2.57. The van der Waals surface area contributed by atoms with Gasteiger partial charge >= 0.3 is 0 Å². The number of amides is 2. The molecule has 2 bridgehead atoms. The number of carbonyl (C=O) groups excluding carboxylic acids is 2. The summed E-state index contributed by atoms with van der Waals surface area (Å²) in [7, 11) is 0. The molecule has 1 atom stereocenters. The fourth-order valence-corrected chi connectivity index (χ4v) is 4.56. The molecule has 1 unspecified atom stereocenters. The van der Waals surface area contributed by atoms with Gasteiger partial charge in [0.25, 0.3) is 11.8 Å². The fraction of sp³-hybridized carbons (Fsp3) is 0.550. The third-order valence-corrected chi connectivity index (χ3v) is 6.22. The lowest BCUT2D eigenvalue weighted by atomic mass is 9.84. The second-order valence-electron chi connectivity index (χ2n) is 7.98. The van der Waals surface area contributed by atoms with Gasteiger partial charge in [0.1, 0.15) is 11.3 Å². The molecule has 0 spiro atoms. The predicted molar refractivity (Wildman–Crippen MR) is 103 cm³/mol. The van der Waals surface area contributed by atoms with E-state index in [1.54, 1.807) is 23.2 Å². The molecule has 4 aliphatic rings. The van der Waals surface area contributed by atoms with Crippen LogP contribution in [0.4, 0.5) is 0 Å². The van der Waals surface area contributed by atoms with Crippen molar-refractivity contribution in [2.45, 2.75) is 18.9 Å². The van der Waals surface area contributed by atoms with Crippen molar-refractivity contribution in [2.75, 3.05) is 45.8 Å². The third kappa shape index (κ3) is 3.27. The molecule has 0 radical (unpaired) electrons. The second kappa shape index (κ2) is 7.18. The van der Waals surface area contributed by atoms with Gasteiger partial charge in [-0.25, -0.2) is 0 Å². The first kappa shape index (κ1) is 17.6. The van der Waals surface area contributed by atoms with Crippen LogP contribution in [0, 0.1) is 5.92 Å². The molecule has 2 aromatic heterocycles. The molecule has 0 aliphatic carbocycles. The molecule has 2 N–H and O–H groups in total. The number of hydrogen-bond acceptors (Lipinski definition) is 6. The number of aromatic nitrogens is 1. The molecule has 0 saturated carbocycles. The number of carbonyl (C=O) groups is 2. The first-order valence-corrected chi connectivity index (χ1v) is 10.1. The molecule has 4 fully saturated rings. The van der Waals surface area contributed by atoms with E-state index in [2.05, 4.69) is 20.5 Å². The van der Waals surface area contributed by atoms with Crippen molar-refractivity contribution in [3.8, 4) is 0 Å². The molecule has 6 heterocycles. The highest BCUT2D eigenvalue weighted by molar-refractivity contribution is 5.98. The fourth-order valence-electron chi connectivity index (χ4n) is 4.56. The first-order valence-electron chi connectivity index (χ1n) is 10.1. The number of furan rings is 1. The average molecular weight is 383 g/mol. The summed E-state index contributed by atoms with van der Waals surface area (Å²) in [6.07, 6.45) is 3.90. The van der Waals surface area contributed by atoms with Crippen molar-refractivity contribution in [1.82, 2.24) is 25.4 Å². The second-order valence-corrected chi connectivity index (χ2v) is 7.98. The number of rotatable bonds is 3. The molecular formula is C20H25N5O3. The monoisotopic (exact) mass is 383 g/mol. The molecule has 2 aromatic rings. The molecule has 8 heteroatoms. The molecule has 4 saturated heterocycles. The number of nitrogens with zero attached hydrogens (tertiary/aromatic N) is 3. The van der Waals surface area contributed by atoms with E-state index < -0.39 is 0 Å². The molecule has 8 nitrogen and oxygen atoms in total. The Morgan fingerprint density at radius 2 is 1.93 bits per heavy atom. The van der Waals surface area contributed by atoms with E-state index in [9.17, 15) is 9.59 Å². The number of hydrogen-bond donors (Lipinski definition) is 2. The maximum Gasteiger partial charge on any atom is 0.289 e. The average Bonchev–Trinajstić information content (AvgIpc) is 3.18. The topological polar surface area (TPSA) is 90.7 Å². The van der Waals surface area contributed by atoms with Crippen LogP contribution in [0.5, 0.6) is 0 Å². The van der Waals surface area contributed by atoms with Crippen LogP contribution in [0.25, 0.3) is 11.0 Å². The molecule has 6 rings (SSSR count). The van der Waals surface area contributed by atoms with Gasteiger partial charge in [0.15, 0.2) is 5.76 Å². The summed E-state index contributed by atoms with van der Waals surface area (Å²) < 4.78 is 5.77. The Hall–Kier alpha value is -2.45. The van der Waals surface area contributed by atoms with Crippen molar-refractivity contribution >= 4 is 22.8 Å². The Morgan fingerprint density at radius 1 is 1.14 bits per heavy atom. The van der Waals surface area contributed by atoms with E-state index in [1.807, 2.05) is 0 Å². The Morgan fingerprint density at radius 3 is 2.64 bits per heavy atom. The van der Waals surface area contributed by atoms with Gasteiger partial charge in [0.2, 0.25) is 0 Å². The number of piperidine rings is 3.